The summed E-state index contributed by atoms with van der Waals surface area (Å²) in [5.41, 5.74) is 8.35. The fraction of sp³-hybridized carbons (Fsp3) is 0.955. The van der Waals surface area contributed by atoms with Gasteiger partial charge in [0.2, 0.25) is 0 Å². The fourth-order valence-electron chi connectivity index (χ4n) is 3.72. The van der Waals surface area contributed by atoms with Gasteiger partial charge in [0.05, 0.1) is 25.4 Å². The molecular weight excluding hydrogens is 370 g/mol. The summed E-state index contributed by atoms with van der Waals surface area (Å²) in [6.07, 6.45) is 13.6. The first-order chi connectivity index (χ1) is 14.0. The molecule has 0 aromatic rings. The Labute approximate surface area is 176 Å². The SMILES string of the molecule is C[C@H](N=[N+]=[N-])[C@@H](O)CCC(=O)CCCCCCCCCCCCC1(C)OCCO1. The third-order valence-electron chi connectivity index (χ3n) is 5.74. The highest BCUT2D eigenvalue weighted by molar-refractivity contribution is 5.78. The van der Waals surface area contributed by atoms with Crippen molar-refractivity contribution in [1.82, 2.24) is 0 Å². The molecule has 1 aliphatic rings. The maximum absolute atomic E-state index is 11.9. The lowest BCUT2D eigenvalue weighted by atomic mass is 10.0. The van der Waals surface area contributed by atoms with E-state index in [4.69, 9.17) is 15.0 Å². The van der Waals surface area contributed by atoms with Crippen molar-refractivity contribution in [3.63, 3.8) is 0 Å². The summed E-state index contributed by atoms with van der Waals surface area (Å²) in [5, 5.41) is 13.3. The van der Waals surface area contributed by atoms with Gasteiger partial charge in [-0.25, -0.2) is 0 Å². The van der Waals surface area contributed by atoms with Crippen molar-refractivity contribution >= 4 is 5.78 Å². The van der Waals surface area contributed by atoms with Crippen LogP contribution in [0, 0.1) is 0 Å². The lowest BCUT2D eigenvalue weighted by Crippen LogP contribution is -2.24. The first kappa shape index (κ1) is 25.9. The molecule has 0 aliphatic carbocycles. The van der Waals surface area contributed by atoms with Crippen LogP contribution in [-0.2, 0) is 14.3 Å². The van der Waals surface area contributed by atoms with Crippen LogP contribution in [0.2, 0.25) is 0 Å². The predicted octanol–water partition coefficient (Wildman–Crippen LogP) is 5.84. The molecule has 0 saturated carbocycles. The Bertz CT molecular complexity index is 488. The maximum atomic E-state index is 11.9. The molecule has 1 N–H and O–H groups in total. The molecule has 1 heterocycles. The van der Waals surface area contributed by atoms with Crippen molar-refractivity contribution in [3.05, 3.63) is 10.4 Å². The van der Waals surface area contributed by atoms with E-state index in [2.05, 4.69) is 10.0 Å². The Morgan fingerprint density at radius 1 is 1.00 bits per heavy atom. The van der Waals surface area contributed by atoms with E-state index in [-0.39, 0.29) is 11.6 Å². The quantitative estimate of drug-likeness (QED) is 0.132. The fourth-order valence-corrected chi connectivity index (χ4v) is 3.72. The van der Waals surface area contributed by atoms with Gasteiger partial charge in [0.15, 0.2) is 5.79 Å². The molecule has 0 amide bonds. The van der Waals surface area contributed by atoms with E-state index in [0.29, 0.717) is 19.3 Å². The maximum Gasteiger partial charge on any atom is 0.165 e. The van der Waals surface area contributed by atoms with Gasteiger partial charge >= 0.3 is 0 Å². The molecule has 1 saturated heterocycles. The van der Waals surface area contributed by atoms with Gasteiger partial charge in [0.25, 0.3) is 0 Å². The summed E-state index contributed by atoms with van der Waals surface area (Å²) in [6, 6.07) is -0.480. The highest BCUT2D eigenvalue weighted by Gasteiger charge is 2.29. The smallest absolute Gasteiger partial charge is 0.165 e. The number of ketones is 1. The number of azide groups is 1. The van der Waals surface area contributed by atoms with Crippen molar-refractivity contribution in [1.29, 1.82) is 0 Å². The average molecular weight is 412 g/mol. The number of unbranched alkanes of at least 4 members (excludes halogenated alkanes) is 9. The van der Waals surface area contributed by atoms with Crippen LogP contribution in [0.25, 0.3) is 10.4 Å². The van der Waals surface area contributed by atoms with Gasteiger partial charge < -0.3 is 14.6 Å². The molecule has 168 valence electrons. The van der Waals surface area contributed by atoms with Crippen LogP contribution in [0.15, 0.2) is 5.11 Å². The minimum Gasteiger partial charge on any atom is -0.393 e. The van der Waals surface area contributed by atoms with E-state index in [1.807, 2.05) is 6.92 Å². The van der Waals surface area contributed by atoms with E-state index in [1.54, 1.807) is 6.92 Å². The zero-order chi connectivity index (χ0) is 21.4. The van der Waals surface area contributed by atoms with Crippen LogP contribution in [0.4, 0.5) is 0 Å². The van der Waals surface area contributed by atoms with Crippen LogP contribution in [-0.4, -0.2) is 42.0 Å². The zero-order valence-electron chi connectivity index (χ0n) is 18.5. The second-order valence-electron chi connectivity index (χ2n) is 8.46. The number of rotatable bonds is 18. The number of aliphatic hydroxyl groups excluding tert-OH is 1. The Morgan fingerprint density at radius 2 is 1.52 bits per heavy atom. The molecule has 0 unspecified atom stereocenters. The first-order valence-electron chi connectivity index (χ1n) is 11.5. The third-order valence-corrected chi connectivity index (χ3v) is 5.74. The molecule has 0 radical (unpaired) electrons. The summed E-state index contributed by atoms with van der Waals surface area (Å²) < 4.78 is 11.2. The van der Waals surface area contributed by atoms with Gasteiger partial charge in [0, 0.05) is 24.2 Å². The van der Waals surface area contributed by atoms with Gasteiger partial charge in [-0.3, -0.25) is 4.79 Å². The molecule has 0 spiro atoms. The van der Waals surface area contributed by atoms with Crippen LogP contribution in [0.1, 0.15) is 104 Å². The highest BCUT2D eigenvalue weighted by Crippen LogP contribution is 2.25. The highest BCUT2D eigenvalue weighted by atomic mass is 16.7. The monoisotopic (exact) mass is 411 g/mol. The summed E-state index contributed by atoms with van der Waals surface area (Å²) >= 11 is 0. The largest absolute Gasteiger partial charge is 0.393 e. The Morgan fingerprint density at radius 3 is 2.07 bits per heavy atom. The summed E-state index contributed by atoms with van der Waals surface area (Å²) in [4.78, 5) is 14.5. The van der Waals surface area contributed by atoms with Crippen molar-refractivity contribution in [2.24, 2.45) is 5.11 Å². The topological polar surface area (TPSA) is 105 Å². The van der Waals surface area contributed by atoms with E-state index in [0.717, 1.165) is 32.5 Å². The molecule has 0 aromatic carbocycles. The molecule has 7 nitrogen and oxygen atoms in total. The van der Waals surface area contributed by atoms with Crippen molar-refractivity contribution in [3.8, 4) is 0 Å². The first-order valence-corrected chi connectivity index (χ1v) is 11.5. The number of Topliss-reactive ketones (excluding diaryl/α,β-unsaturated/α-hetero) is 1. The molecule has 7 heteroatoms. The van der Waals surface area contributed by atoms with Crippen LogP contribution < -0.4 is 0 Å². The second kappa shape index (κ2) is 15.7. The van der Waals surface area contributed by atoms with Gasteiger partial charge in [-0.05, 0) is 31.7 Å². The molecule has 29 heavy (non-hydrogen) atoms. The van der Waals surface area contributed by atoms with Gasteiger partial charge in [-0.15, -0.1) is 0 Å². The molecule has 2 atom stereocenters. The van der Waals surface area contributed by atoms with E-state index in [9.17, 15) is 9.90 Å². The van der Waals surface area contributed by atoms with Crippen molar-refractivity contribution in [2.75, 3.05) is 13.2 Å². The minimum absolute atomic E-state index is 0.194. The number of aliphatic hydroxyl groups is 1. The average Bonchev–Trinajstić information content (AvgIpc) is 3.13. The normalized spacial score (nSPS) is 17.6. The van der Waals surface area contributed by atoms with Crippen molar-refractivity contribution < 1.29 is 19.4 Å². The molecule has 1 aliphatic heterocycles. The molecule has 1 fully saturated rings. The second-order valence-corrected chi connectivity index (χ2v) is 8.46. The number of hydrogen-bond acceptors (Lipinski definition) is 5. The molecule has 1 rings (SSSR count). The molecule has 0 bridgehead atoms. The lowest BCUT2D eigenvalue weighted by molar-refractivity contribution is -0.147. The zero-order valence-corrected chi connectivity index (χ0v) is 18.5. The third kappa shape index (κ3) is 12.9. The molecule has 0 aromatic heterocycles. The standard InChI is InChI=1S/C22H41N3O4/c1-19(24-25-23)21(27)15-14-20(26)13-11-9-7-5-3-4-6-8-10-12-16-22(2)28-17-18-29-22/h19,21,27H,3-18H2,1-2H3/t19-,21-/m0/s1. The number of carbonyl (C=O) groups is 1. The van der Waals surface area contributed by atoms with E-state index >= 15 is 0 Å². The predicted molar refractivity (Wildman–Crippen MR) is 115 cm³/mol. The Hall–Kier alpha value is -1.14. The van der Waals surface area contributed by atoms with Crippen LogP contribution in [0.3, 0.4) is 0 Å². The minimum atomic E-state index is -0.734. The van der Waals surface area contributed by atoms with Crippen LogP contribution in [0.5, 0.6) is 0 Å². The Balaban J connectivity index is 1.83. The lowest BCUT2D eigenvalue weighted by Gasteiger charge is -2.21. The van der Waals surface area contributed by atoms with Gasteiger partial charge in [-0.1, -0.05) is 63.4 Å². The summed E-state index contributed by atoms with van der Waals surface area (Å²) in [7, 11) is 0. The number of hydrogen-bond donors (Lipinski definition) is 1. The Kier molecular flexibility index (Phi) is 14.0. The number of nitrogens with zero attached hydrogens (tertiary/aromatic N) is 3. The summed E-state index contributed by atoms with van der Waals surface area (Å²) in [5.74, 6) is -0.134. The van der Waals surface area contributed by atoms with Gasteiger partial charge in [0.1, 0.15) is 5.78 Å². The number of carbonyl (C=O) groups excluding carboxylic acids is 1. The van der Waals surface area contributed by atoms with E-state index in [1.165, 1.54) is 51.4 Å². The summed E-state index contributed by atoms with van der Waals surface area (Å²) in [6.45, 7) is 5.16. The number of ether oxygens (including phenoxy) is 2. The molecular formula is C22H41N3O4. The van der Waals surface area contributed by atoms with E-state index < -0.39 is 12.1 Å². The van der Waals surface area contributed by atoms with Crippen LogP contribution >= 0.6 is 0 Å². The van der Waals surface area contributed by atoms with Gasteiger partial charge in [-0.2, -0.15) is 0 Å². The van der Waals surface area contributed by atoms with Crippen molar-refractivity contribution in [2.45, 2.75) is 122 Å².